The fourth-order valence-corrected chi connectivity index (χ4v) is 3.56. The van der Waals surface area contributed by atoms with Crippen molar-refractivity contribution in [2.75, 3.05) is 0 Å². The van der Waals surface area contributed by atoms with Crippen LogP contribution in [-0.4, -0.2) is 20.7 Å². The topological polar surface area (TPSA) is 83.0 Å². The van der Waals surface area contributed by atoms with Crippen molar-refractivity contribution in [1.82, 2.24) is 14.8 Å². The third kappa shape index (κ3) is 4.01. The van der Waals surface area contributed by atoms with Crippen molar-refractivity contribution in [3.05, 3.63) is 71.5 Å². The normalized spacial score (nSPS) is 11.7. The molecule has 6 nitrogen and oxygen atoms in total. The molecule has 164 valence electrons. The van der Waals surface area contributed by atoms with Crippen molar-refractivity contribution in [2.24, 2.45) is 5.73 Å². The first kappa shape index (κ1) is 21.4. The Balaban J connectivity index is 1.68. The van der Waals surface area contributed by atoms with Gasteiger partial charge in [-0.2, -0.15) is 9.78 Å². The maximum atomic E-state index is 13.3. The molecule has 32 heavy (non-hydrogen) atoms. The van der Waals surface area contributed by atoms with Crippen molar-refractivity contribution in [3.63, 3.8) is 0 Å². The van der Waals surface area contributed by atoms with Crippen LogP contribution in [0.2, 0.25) is 0 Å². The van der Waals surface area contributed by atoms with E-state index in [0.717, 1.165) is 11.1 Å². The number of carbonyl (C=O) groups is 1. The first-order valence-corrected chi connectivity index (χ1v) is 9.81. The molecule has 2 heterocycles. The van der Waals surface area contributed by atoms with Crippen LogP contribution in [-0.2, 0) is 12.7 Å². The van der Waals surface area contributed by atoms with Crippen LogP contribution in [0, 0.1) is 6.92 Å². The Bertz CT molecular complexity index is 1330. The highest BCUT2D eigenvalue weighted by Gasteiger charge is 2.34. The predicted octanol–water partition coefficient (Wildman–Crippen LogP) is 5.34. The molecule has 2 aromatic heterocycles. The van der Waals surface area contributed by atoms with Gasteiger partial charge < -0.3 is 10.5 Å². The van der Waals surface area contributed by atoms with Gasteiger partial charge in [-0.05, 0) is 49.2 Å². The first-order chi connectivity index (χ1) is 15.2. The van der Waals surface area contributed by atoms with Crippen LogP contribution in [0.1, 0.15) is 28.5 Å². The highest BCUT2D eigenvalue weighted by atomic mass is 19.4. The molecule has 9 heteroatoms. The molecular weight excluding hydrogens is 421 g/mol. The summed E-state index contributed by atoms with van der Waals surface area (Å²) in [5.41, 5.74) is 8.21. The average molecular weight is 440 g/mol. The smallest absolute Gasteiger partial charge is 0.457 e. The molecule has 0 atom stereocenters. The second-order valence-corrected chi connectivity index (χ2v) is 7.21. The minimum atomic E-state index is -4.64. The van der Waals surface area contributed by atoms with Gasteiger partial charge in [0.05, 0.1) is 16.9 Å². The molecule has 0 radical (unpaired) electrons. The van der Waals surface area contributed by atoms with Gasteiger partial charge >= 0.3 is 6.30 Å². The quantitative estimate of drug-likeness (QED) is 0.454. The summed E-state index contributed by atoms with van der Waals surface area (Å²) in [5.74, 6) is 0.140. The third-order valence-corrected chi connectivity index (χ3v) is 5.09. The van der Waals surface area contributed by atoms with E-state index in [4.69, 9.17) is 10.5 Å². The lowest BCUT2D eigenvalue weighted by atomic mass is 9.99. The Morgan fingerprint density at radius 3 is 2.53 bits per heavy atom. The number of nitrogens with two attached hydrogens (primary N) is 1. The summed E-state index contributed by atoms with van der Waals surface area (Å²) in [5, 5.41) is 3.99. The zero-order valence-corrected chi connectivity index (χ0v) is 17.3. The largest absolute Gasteiger partial charge is 0.505 e. The van der Waals surface area contributed by atoms with E-state index in [1.54, 1.807) is 42.6 Å². The Hall–Kier alpha value is -3.88. The van der Waals surface area contributed by atoms with Crippen LogP contribution in [0.5, 0.6) is 11.5 Å². The Labute approximate surface area is 181 Å². The number of fused-ring (bicyclic) bond motifs is 1. The molecule has 0 aliphatic rings. The second kappa shape index (κ2) is 7.99. The van der Waals surface area contributed by atoms with Gasteiger partial charge in [0.25, 0.3) is 0 Å². The lowest BCUT2D eigenvalue weighted by Gasteiger charge is -2.11. The number of alkyl halides is 3. The molecule has 4 aromatic rings. The summed E-state index contributed by atoms with van der Waals surface area (Å²) in [6, 6.07) is 13.0. The minimum Gasteiger partial charge on any atom is -0.457 e. The van der Waals surface area contributed by atoms with Crippen LogP contribution in [0.25, 0.3) is 22.2 Å². The number of rotatable bonds is 5. The number of carbonyl (C=O) groups excluding carboxylic acids is 1. The van der Waals surface area contributed by atoms with Gasteiger partial charge in [-0.1, -0.05) is 13.0 Å². The van der Waals surface area contributed by atoms with E-state index in [1.807, 2.05) is 13.0 Å². The first-order valence-electron chi connectivity index (χ1n) is 9.81. The fourth-order valence-electron chi connectivity index (χ4n) is 3.56. The molecule has 1 amide bonds. The van der Waals surface area contributed by atoms with Crippen molar-refractivity contribution in [2.45, 2.75) is 26.6 Å². The van der Waals surface area contributed by atoms with E-state index in [-0.39, 0.29) is 21.6 Å². The third-order valence-electron chi connectivity index (χ3n) is 5.09. The van der Waals surface area contributed by atoms with E-state index in [2.05, 4.69) is 10.1 Å². The van der Waals surface area contributed by atoms with E-state index in [0.29, 0.717) is 28.8 Å². The number of halogens is 3. The maximum absolute atomic E-state index is 13.3. The van der Waals surface area contributed by atoms with Crippen molar-refractivity contribution >= 4 is 16.8 Å². The standard InChI is InChI=1S/C23H19F3N4O2/c1-3-14-10-15(4-6-19(14)22(27)31)20-11-17(8-9-28-20)32-16-5-7-18-13(2)29-30(21(18)12-16)23(24,25)26/h4-12H,3H2,1-2H3,(H2,27,31). The van der Waals surface area contributed by atoms with Crippen molar-refractivity contribution in [3.8, 4) is 22.8 Å². The summed E-state index contributed by atoms with van der Waals surface area (Å²) in [7, 11) is 0. The number of ether oxygens (including phenoxy) is 1. The van der Waals surface area contributed by atoms with E-state index in [9.17, 15) is 18.0 Å². The number of nitrogens with zero attached hydrogens (tertiary/aromatic N) is 3. The average Bonchev–Trinajstić information content (AvgIpc) is 3.09. The number of aryl methyl sites for hydroxylation is 2. The van der Waals surface area contributed by atoms with Gasteiger partial charge in [-0.3, -0.25) is 9.78 Å². The number of hydrogen-bond donors (Lipinski definition) is 1. The maximum Gasteiger partial charge on any atom is 0.505 e. The fraction of sp³-hybridized carbons (Fsp3) is 0.174. The zero-order valence-electron chi connectivity index (χ0n) is 17.3. The molecule has 4 rings (SSSR count). The van der Waals surface area contributed by atoms with Crippen LogP contribution in [0.15, 0.2) is 54.7 Å². The van der Waals surface area contributed by atoms with Gasteiger partial charge in [0.1, 0.15) is 11.5 Å². The monoisotopic (exact) mass is 440 g/mol. The molecule has 0 bridgehead atoms. The van der Waals surface area contributed by atoms with Gasteiger partial charge in [0.2, 0.25) is 5.91 Å². The van der Waals surface area contributed by atoms with Gasteiger partial charge in [-0.25, -0.2) is 0 Å². The van der Waals surface area contributed by atoms with Gasteiger partial charge in [0, 0.05) is 34.8 Å². The minimum absolute atomic E-state index is 0.0368. The summed E-state index contributed by atoms with van der Waals surface area (Å²) in [4.78, 5) is 15.9. The molecule has 0 unspecified atom stereocenters. The summed E-state index contributed by atoms with van der Waals surface area (Å²) in [6.07, 6.45) is -2.47. The number of pyridine rings is 1. The Morgan fingerprint density at radius 1 is 1.09 bits per heavy atom. The van der Waals surface area contributed by atoms with E-state index >= 15 is 0 Å². The van der Waals surface area contributed by atoms with Crippen LogP contribution < -0.4 is 10.5 Å². The molecule has 0 fully saturated rings. The van der Waals surface area contributed by atoms with Crippen LogP contribution in [0.3, 0.4) is 0 Å². The molecule has 0 spiro atoms. The number of aromatic nitrogens is 3. The molecule has 2 aromatic carbocycles. The molecule has 0 aliphatic heterocycles. The Morgan fingerprint density at radius 2 is 1.84 bits per heavy atom. The molecule has 0 aliphatic carbocycles. The number of benzene rings is 2. The van der Waals surface area contributed by atoms with Crippen molar-refractivity contribution < 1.29 is 22.7 Å². The lowest BCUT2D eigenvalue weighted by molar-refractivity contribution is -0.209. The highest BCUT2D eigenvalue weighted by Crippen LogP contribution is 2.33. The zero-order chi connectivity index (χ0) is 23.0. The van der Waals surface area contributed by atoms with E-state index < -0.39 is 12.2 Å². The lowest BCUT2D eigenvalue weighted by Crippen LogP contribution is -2.18. The molecule has 0 saturated carbocycles. The second-order valence-electron chi connectivity index (χ2n) is 7.21. The number of hydrogen-bond acceptors (Lipinski definition) is 4. The Kier molecular flexibility index (Phi) is 5.33. The summed E-state index contributed by atoms with van der Waals surface area (Å²) >= 11 is 0. The number of amides is 1. The molecule has 2 N–H and O–H groups in total. The van der Waals surface area contributed by atoms with E-state index in [1.165, 1.54) is 13.0 Å². The summed E-state index contributed by atoms with van der Waals surface area (Å²) < 4.78 is 45.7. The summed E-state index contributed by atoms with van der Waals surface area (Å²) in [6.45, 7) is 3.44. The van der Waals surface area contributed by atoms with Crippen LogP contribution >= 0.6 is 0 Å². The molecular formula is C23H19F3N4O2. The van der Waals surface area contributed by atoms with Gasteiger partial charge in [-0.15, -0.1) is 13.2 Å². The van der Waals surface area contributed by atoms with Crippen molar-refractivity contribution in [1.29, 1.82) is 0 Å². The number of primary amides is 1. The SMILES string of the molecule is CCc1cc(-c2cc(Oc3ccc4c(C)nn(C(F)(F)F)c4c3)ccn2)ccc1C(N)=O. The predicted molar refractivity (Wildman–Crippen MR) is 113 cm³/mol. The highest BCUT2D eigenvalue weighted by molar-refractivity contribution is 5.95. The molecule has 0 saturated heterocycles. The van der Waals surface area contributed by atoms with Gasteiger partial charge in [0.15, 0.2) is 0 Å². The van der Waals surface area contributed by atoms with Crippen LogP contribution in [0.4, 0.5) is 13.2 Å².